The minimum Gasteiger partial charge on any atom is -0.492 e. The van der Waals surface area contributed by atoms with Gasteiger partial charge in [0.05, 0.1) is 12.3 Å². The molecule has 0 radical (unpaired) electrons. The molecule has 2 aromatic carbocycles. The van der Waals surface area contributed by atoms with E-state index in [-0.39, 0.29) is 5.82 Å². The normalized spacial score (nSPS) is 10.3. The van der Waals surface area contributed by atoms with Crippen LogP contribution in [0.2, 0.25) is 0 Å². The largest absolute Gasteiger partial charge is 0.492 e. The van der Waals surface area contributed by atoms with Crippen molar-refractivity contribution in [1.82, 2.24) is 0 Å². The summed E-state index contributed by atoms with van der Waals surface area (Å²) in [7, 11) is 4.03. The van der Waals surface area contributed by atoms with Crippen LogP contribution in [0.5, 0.6) is 5.75 Å². The van der Waals surface area contributed by atoms with E-state index in [2.05, 4.69) is 34.5 Å². The van der Waals surface area contributed by atoms with E-state index in [4.69, 9.17) is 4.74 Å². The first kappa shape index (κ1) is 15.2. The molecule has 0 aromatic heterocycles. The quantitative estimate of drug-likeness (QED) is 0.872. The van der Waals surface area contributed by atoms with Crippen molar-refractivity contribution in [2.75, 3.05) is 30.9 Å². The highest BCUT2D eigenvalue weighted by atomic mass is 19.1. The maximum atomic E-state index is 13.2. The SMILES string of the molecule is CCOc1cc(F)ccc1NCc1ccc(N(C)C)cc1. The number of rotatable bonds is 6. The van der Waals surface area contributed by atoms with Crippen molar-refractivity contribution >= 4 is 11.4 Å². The van der Waals surface area contributed by atoms with E-state index in [9.17, 15) is 4.39 Å². The average Bonchev–Trinajstić information content (AvgIpc) is 2.47. The summed E-state index contributed by atoms with van der Waals surface area (Å²) < 4.78 is 18.7. The van der Waals surface area contributed by atoms with Crippen LogP contribution in [0, 0.1) is 5.82 Å². The van der Waals surface area contributed by atoms with E-state index in [1.807, 2.05) is 21.0 Å². The van der Waals surface area contributed by atoms with Crippen LogP contribution in [0.3, 0.4) is 0 Å². The zero-order valence-corrected chi connectivity index (χ0v) is 12.7. The van der Waals surface area contributed by atoms with Gasteiger partial charge in [-0.05, 0) is 36.8 Å². The average molecular weight is 288 g/mol. The van der Waals surface area contributed by atoms with Crippen LogP contribution in [0.1, 0.15) is 12.5 Å². The van der Waals surface area contributed by atoms with Crippen LogP contribution in [0.15, 0.2) is 42.5 Å². The Morgan fingerprint density at radius 1 is 1.10 bits per heavy atom. The molecule has 0 aliphatic carbocycles. The minimum absolute atomic E-state index is 0.292. The number of halogens is 1. The monoisotopic (exact) mass is 288 g/mol. The van der Waals surface area contributed by atoms with Gasteiger partial charge in [0, 0.05) is 32.4 Å². The third-order valence-corrected chi connectivity index (χ3v) is 3.18. The molecular formula is C17H21FN2O. The summed E-state index contributed by atoms with van der Waals surface area (Å²) in [6.07, 6.45) is 0. The highest BCUT2D eigenvalue weighted by Gasteiger charge is 2.05. The Morgan fingerprint density at radius 3 is 2.43 bits per heavy atom. The van der Waals surface area contributed by atoms with Crippen molar-refractivity contribution in [2.45, 2.75) is 13.5 Å². The molecule has 0 amide bonds. The highest BCUT2D eigenvalue weighted by molar-refractivity contribution is 5.57. The molecule has 2 aromatic rings. The lowest BCUT2D eigenvalue weighted by Gasteiger charge is -2.14. The molecule has 112 valence electrons. The molecule has 3 nitrogen and oxygen atoms in total. The number of anilines is 2. The topological polar surface area (TPSA) is 24.5 Å². The maximum Gasteiger partial charge on any atom is 0.145 e. The van der Waals surface area contributed by atoms with E-state index in [0.717, 1.165) is 16.9 Å². The minimum atomic E-state index is -0.292. The van der Waals surface area contributed by atoms with Crippen LogP contribution < -0.4 is 15.0 Å². The summed E-state index contributed by atoms with van der Waals surface area (Å²) in [5.74, 6) is 0.252. The van der Waals surface area contributed by atoms with Gasteiger partial charge < -0.3 is 15.0 Å². The second-order valence-corrected chi connectivity index (χ2v) is 4.99. The van der Waals surface area contributed by atoms with Crippen molar-refractivity contribution in [3.63, 3.8) is 0 Å². The molecule has 0 atom stereocenters. The molecule has 4 heteroatoms. The lowest BCUT2D eigenvalue weighted by Crippen LogP contribution is -2.08. The van der Waals surface area contributed by atoms with Gasteiger partial charge in [-0.1, -0.05) is 12.1 Å². The van der Waals surface area contributed by atoms with Gasteiger partial charge in [-0.2, -0.15) is 0 Å². The Balaban J connectivity index is 2.05. The number of hydrogen-bond donors (Lipinski definition) is 1. The number of benzene rings is 2. The fraction of sp³-hybridized carbons (Fsp3) is 0.294. The van der Waals surface area contributed by atoms with Crippen molar-refractivity contribution in [1.29, 1.82) is 0 Å². The van der Waals surface area contributed by atoms with E-state index in [1.165, 1.54) is 12.1 Å². The Labute approximate surface area is 125 Å². The van der Waals surface area contributed by atoms with Gasteiger partial charge >= 0.3 is 0 Å². The van der Waals surface area contributed by atoms with Crippen LogP contribution in [-0.2, 0) is 6.54 Å². The molecule has 0 heterocycles. The Hall–Kier alpha value is -2.23. The van der Waals surface area contributed by atoms with Gasteiger partial charge in [-0.3, -0.25) is 0 Å². The second kappa shape index (κ2) is 6.97. The molecule has 0 aliphatic rings. The Morgan fingerprint density at radius 2 is 1.81 bits per heavy atom. The number of hydrogen-bond acceptors (Lipinski definition) is 3. The molecule has 21 heavy (non-hydrogen) atoms. The molecule has 0 saturated heterocycles. The summed E-state index contributed by atoms with van der Waals surface area (Å²) in [5.41, 5.74) is 3.12. The van der Waals surface area contributed by atoms with Crippen molar-refractivity contribution < 1.29 is 9.13 Å². The van der Waals surface area contributed by atoms with E-state index >= 15 is 0 Å². The molecule has 2 rings (SSSR count). The molecular weight excluding hydrogens is 267 g/mol. The van der Waals surface area contributed by atoms with Crippen LogP contribution >= 0.6 is 0 Å². The summed E-state index contributed by atoms with van der Waals surface area (Å²) in [5, 5.41) is 3.28. The van der Waals surface area contributed by atoms with Gasteiger partial charge in [0.2, 0.25) is 0 Å². The lowest BCUT2D eigenvalue weighted by molar-refractivity contribution is 0.340. The summed E-state index contributed by atoms with van der Waals surface area (Å²) in [6.45, 7) is 3.06. The summed E-state index contributed by atoms with van der Waals surface area (Å²) >= 11 is 0. The Bertz CT molecular complexity index is 582. The fourth-order valence-electron chi connectivity index (χ4n) is 2.03. The fourth-order valence-corrected chi connectivity index (χ4v) is 2.03. The first-order chi connectivity index (χ1) is 10.1. The standard InChI is InChI=1S/C17H21FN2O/c1-4-21-17-11-14(18)7-10-16(17)19-12-13-5-8-15(9-6-13)20(2)3/h5-11,19H,4,12H2,1-3H3. The molecule has 0 saturated carbocycles. The third-order valence-electron chi connectivity index (χ3n) is 3.18. The number of nitrogens with one attached hydrogen (secondary N) is 1. The predicted molar refractivity (Wildman–Crippen MR) is 85.7 cm³/mol. The molecule has 1 N–H and O–H groups in total. The van der Waals surface area contributed by atoms with Crippen molar-refractivity contribution in [2.24, 2.45) is 0 Å². The van der Waals surface area contributed by atoms with Gasteiger partial charge in [0.25, 0.3) is 0 Å². The van der Waals surface area contributed by atoms with E-state index < -0.39 is 0 Å². The van der Waals surface area contributed by atoms with E-state index in [1.54, 1.807) is 6.07 Å². The van der Waals surface area contributed by atoms with E-state index in [0.29, 0.717) is 18.9 Å². The first-order valence-corrected chi connectivity index (χ1v) is 7.02. The zero-order chi connectivity index (χ0) is 15.2. The summed E-state index contributed by atoms with van der Waals surface area (Å²) in [6, 6.07) is 12.8. The maximum absolute atomic E-state index is 13.2. The van der Waals surface area contributed by atoms with Crippen LogP contribution in [0.4, 0.5) is 15.8 Å². The predicted octanol–water partition coefficient (Wildman–Crippen LogP) is 3.90. The molecule has 0 unspecified atom stereocenters. The van der Waals surface area contributed by atoms with Gasteiger partial charge in [-0.15, -0.1) is 0 Å². The third kappa shape index (κ3) is 4.12. The second-order valence-electron chi connectivity index (χ2n) is 4.99. The zero-order valence-electron chi connectivity index (χ0n) is 12.7. The van der Waals surface area contributed by atoms with Crippen molar-refractivity contribution in [3.05, 3.63) is 53.8 Å². The van der Waals surface area contributed by atoms with Gasteiger partial charge in [0.15, 0.2) is 0 Å². The molecule has 0 bridgehead atoms. The van der Waals surface area contributed by atoms with Crippen molar-refractivity contribution in [3.8, 4) is 5.75 Å². The number of nitrogens with zero attached hydrogens (tertiary/aromatic N) is 1. The molecule has 0 aliphatic heterocycles. The van der Waals surface area contributed by atoms with Gasteiger partial charge in [-0.25, -0.2) is 4.39 Å². The Kier molecular flexibility index (Phi) is 5.04. The highest BCUT2D eigenvalue weighted by Crippen LogP contribution is 2.26. The lowest BCUT2D eigenvalue weighted by atomic mass is 10.2. The summed E-state index contributed by atoms with van der Waals surface area (Å²) in [4.78, 5) is 2.06. The van der Waals surface area contributed by atoms with Crippen LogP contribution in [-0.4, -0.2) is 20.7 Å². The first-order valence-electron chi connectivity index (χ1n) is 7.02. The smallest absolute Gasteiger partial charge is 0.145 e. The molecule has 0 fully saturated rings. The molecule has 0 spiro atoms. The van der Waals surface area contributed by atoms with Gasteiger partial charge in [0.1, 0.15) is 11.6 Å². The number of ether oxygens (including phenoxy) is 1. The van der Waals surface area contributed by atoms with Crippen LogP contribution in [0.25, 0.3) is 0 Å².